The molecule has 0 aromatic carbocycles. The number of quaternary nitrogens is 1. The van der Waals surface area contributed by atoms with Gasteiger partial charge in [0.05, 0.1) is 28.3 Å². The quantitative estimate of drug-likeness (QED) is 0.567. The van der Waals surface area contributed by atoms with Gasteiger partial charge in [0.15, 0.2) is 5.76 Å². The van der Waals surface area contributed by atoms with Gasteiger partial charge < -0.3 is 13.6 Å². The summed E-state index contributed by atoms with van der Waals surface area (Å²) >= 11 is 0. The number of hydrogen-bond donors (Lipinski definition) is 0. The molecular weight excluding hydrogens is 194 g/mol. The fourth-order valence-corrected chi connectivity index (χ4v) is 1.17. The molecule has 1 aromatic rings. The van der Waals surface area contributed by atoms with Crippen molar-refractivity contribution in [2.24, 2.45) is 0 Å². The molecule has 0 fully saturated rings. The Morgan fingerprint density at radius 1 is 1.40 bits per heavy atom. The number of esters is 1. The van der Waals surface area contributed by atoms with Crippen molar-refractivity contribution in [2.75, 3.05) is 28.3 Å². The van der Waals surface area contributed by atoms with E-state index in [0.717, 1.165) is 10.2 Å². The average Bonchev–Trinajstić information content (AvgIpc) is 2.62. The predicted molar refractivity (Wildman–Crippen MR) is 56.5 cm³/mol. The Morgan fingerprint density at radius 2 is 2.00 bits per heavy atom. The van der Waals surface area contributed by atoms with E-state index >= 15 is 0 Å². The zero-order valence-electron chi connectivity index (χ0n) is 9.90. The summed E-state index contributed by atoms with van der Waals surface area (Å²) in [6.07, 6.45) is 0. The maximum absolute atomic E-state index is 11.2. The van der Waals surface area contributed by atoms with Gasteiger partial charge in [0.1, 0.15) is 6.04 Å². The van der Waals surface area contributed by atoms with Crippen LogP contribution < -0.4 is 0 Å². The summed E-state index contributed by atoms with van der Waals surface area (Å²) in [7, 11) is 7.56. The van der Waals surface area contributed by atoms with Crippen molar-refractivity contribution in [1.29, 1.82) is 0 Å². The van der Waals surface area contributed by atoms with Gasteiger partial charge in [-0.25, -0.2) is 4.79 Å². The molecule has 0 amide bonds. The average molecular weight is 212 g/mol. The molecule has 0 aliphatic rings. The first-order valence-corrected chi connectivity index (χ1v) is 4.85. The van der Waals surface area contributed by atoms with Crippen LogP contribution >= 0.6 is 0 Å². The Hall–Kier alpha value is -1.29. The second kappa shape index (κ2) is 4.06. The van der Waals surface area contributed by atoms with E-state index in [9.17, 15) is 4.79 Å². The second-order valence-electron chi connectivity index (χ2n) is 4.49. The molecule has 1 atom stereocenters. The monoisotopic (exact) mass is 212 g/mol. The molecule has 4 heteroatoms. The first-order chi connectivity index (χ1) is 6.86. The largest absolute Gasteiger partial charge is 0.463 e. The fraction of sp³-hybridized carbons (Fsp3) is 0.545. The lowest BCUT2D eigenvalue weighted by molar-refractivity contribution is -0.901. The van der Waals surface area contributed by atoms with E-state index in [4.69, 9.17) is 4.42 Å². The Morgan fingerprint density at radius 3 is 2.47 bits per heavy atom. The summed E-state index contributed by atoms with van der Waals surface area (Å²) in [6.45, 7) is 2.06. The van der Waals surface area contributed by atoms with Gasteiger partial charge in [-0.2, -0.15) is 0 Å². The highest BCUT2D eigenvalue weighted by atomic mass is 16.5. The number of carbonyl (C=O) groups is 1. The van der Waals surface area contributed by atoms with Crippen LogP contribution in [-0.2, 0) is 4.74 Å². The van der Waals surface area contributed by atoms with Crippen molar-refractivity contribution < 1.29 is 18.4 Å². The Labute approximate surface area is 90.0 Å². The number of nitrogens with zero attached hydrogens (tertiary/aromatic N) is 1. The number of rotatable bonds is 3. The molecule has 1 aromatic heterocycles. The topological polar surface area (TPSA) is 39.4 Å². The Balaban J connectivity index is 2.89. The molecule has 0 unspecified atom stereocenters. The van der Waals surface area contributed by atoms with Gasteiger partial charge in [-0.3, -0.25) is 0 Å². The molecule has 0 spiro atoms. The lowest BCUT2D eigenvalue weighted by Crippen LogP contribution is -2.36. The van der Waals surface area contributed by atoms with E-state index < -0.39 is 5.97 Å². The SMILES string of the molecule is COC(=O)c1ccc([C@H](C)[N+](C)(C)C)o1. The Bertz CT molecular complexity index is 349. The third-order valence-corrected chi connectivity index (χ3v) is 2.59. The summed E-state index contributed by atoms with van der Waals surface area (Å²) in [5, 5.41) is 0. The minimum absolute atomic E-state index is 0.198. The predicted octanol–water partition coefficient (Wildman–Crippen LogP) is 1.83. The molecule has 84 valence electrons. The van der Waals surface area contributed by atoms with Crippen LogP contribution in [0.5, 0.6) is 0 Å². The van der Waals surface area contributed by atoms with Gasteiger partial charge in [0.25, 0.3) is 0 Å². The van der Waals surface area contributed by atoms with Gasteiger partial charge in [0.2, 0.25) is 5.76 Å². The molecule has 0 bridgehead atoms. The summed E-state index contributed by atoms with van der Waals surface area (Å²) in [5.74, 6) is 0.616. The summed E-state index contributed by atoms with van der Waals surface area (Å²) in [5.41, 5.74) is 0. The fourth-order valence-electron chi connectivity index (χ4n) is 1.17. The van der Waals surface area contributed by atoms with Gasteiger partial charge in [-0.15, -0.1) is 0 Å². The van der Waals surface area contributed by atoms with Crippen LogP contribution in [0.1, 0.15) is 29.3 Å². The van der Waals surface area contributed by atoms with Crippen LogP contribution in [0.25, 0.3) is 0 Å². The van der Waals surface area contributed by atoms with E-state index in [0.29, 0.717) is 0 Å². The summed E-state index contributed by atoms with van der Waals surface area (Å²) in [6, 6.07) is 3.66. The highest BCUT2D eigenvalue weighted by Crippen LogP contribution is 2.24. The molecule has 1 rings (SSSR count). The number of methoxy groups -OCH3 is 1. The lowest BCUT2D eigenvalue weighted by Gasteiger charge is -2.29. The van der Waals surface area contributed by atoms with Crippen molar-refractivity contribution in [3.05, 3.63) is 23.7 Å². The van der Waals surface area contributed by atoms with Crippen molar-refractivity contribution in [3.8, 4) is 0 Å². The zero-order chi connectivity index (χ0) is 11.6. The Kier molecular flexibility index (Phi) is 3.19. The number of carbonyl (C=O) groups excluding carboxylic acids is 1. The molecule has 1 heterocycles. The standard InChI is InChI=1S/C11H18NO3/c1-8(12(2,3)4)9-6-7-10(15-9)11(13)14-5/h6-8H,1-5H3/q+1/t8-/m0/s1. The first-order valence-electron chi connectivity index (χ1n) is 4.85. The van der Waals surface area contributed by atoms with Crippen LogP contribution in [0.3, 0.4) is 0 Å². The molecular formula is C11H18NO3+. The van der Waals surface area contributed by atoms with E-state index in [1.807, 2.05) is 6.07 Å². The smallest absolute Gasteiger partial charge is 0.373 e. The van der Waals surface area contributed by atoms with Gasteiger partial charge in [-0.1, -0.05) is 0 Å². The third kappa shape index (κ3) is 2.59. The van der Waals surface area contributed by atoms with Crippen molar-refractivity contribution in [1.82, 2.24) is 0 Å². The number of furan rings is 1. The maximum Gasteiger partial charge on any atom is 0.373 e. The van der Waals surface area contributed by atoms with Crippen LogP contribution in [0.4, 0.5) is 0 Å². The molecule has 0 N–H and O–H groups in total. The van der Waals surface area contributed by atoms with Crippen molar-refractivity contribution in [3.63, 3.8) is 0 Å². The van der Waals surface area contributed by atoms with Crippen molar-refractivity contribution in [2.45, 2.75) is 13.0 Å². The highest BCUT2D eigenvalue weighted by Gasteiger charge is 2.24. The zero-order valence-corrected chi connectivity index (χ0v) is 9.90. The summed E-state index contributed by atoms with van der Waals surface area (Å²) < 4.78 is 10.8. The van der Waals surface area contributed by atoms with Crippen molar-refractivity contribution >= 4 is 5.97 Å². The molecule has 0 aliphatic carbocycles. The van der Waals surface area contributed by atoms with Gasteiger partial charge >= 0.3 is 5.97 Å². The van der Waals surface area contributed by atoms with Crippen LogP contribution in [0.2, 0.25) is 0 Å². The highest BCUT2D eigenvalue weighted by molar-refractivity contribution is 5.86. The summed E-state index contributed by atoms with van der Waals surface area (Å²) in [4.78, 5) is 11.2. The normalized spacial score (nSPS) is 13.7. The molecule has 0 aliphatic heterocycles. The minimum Gasteiger partial charge on any atom is -0.463 e. The van der Waals surface area contributed by atoms with Crippen LogP contribution in [0.15, 0.2) is 16.5 Å². The third-order valence-electron chi connectivity index (χ3n) is 2.59. The first kappa shape index (κ1) is 11.8. The second-order valence-corrected chi connectivity index (χ2v) is 4.49. The van der Waals surface area contributed by atoms with E-state index in [1.54, 1.807) is 6.07 Å². The lowest BCUT2D eigenvalue weighted by atomic mass is 10.2. The molecule has 0 radical (unpaired) electrons. The van der Waals surface area contributed by atoms with E-state index in [2.05, 4.69) is 32.8 Å². The van der Waals surface area contributed by atoms with Crippen LogP contribution in [0, 0.1) is 0 Å². The van der Waals surface area contributed by atoms with Crippen LogP contribution in [-0.4, -0.2) is 38.7 Å². The molecule has 15 heavy (non-hydrogen) atoms. The minimum atomic E-state index is -0.435. The maximum atomic E-state index is 11.2. The molecule has 0 saturated carbocycles. The molecule has 4 nitrogen and oxygen atoms in total. The van der Waals surface area contributed by atoms with E-state index in [-0.39, 0.29) is 11.8 Å². The number of hydrogen-bond acceptors (Lipinski definition) is 3. The number of ether oxygens (including phenoxy) is 1. The van der Waals surface area contributed by atoms with Gasteiger partial charge in [0, 0.05) is 0 Å². The van der Waals surface area contributed by atoms with E-state index in [1.165, 1.54) is 7.11 Å². The molecule has 0 saturated heterocycles. The van der Waals surface area contributed by atoms with Gasteiger partial charge in [-0.05, 0) is 19.1 Å².